The minimum atomic E-state index is -0.972. The standard InChI is InChI=1S/C13H15FO3/c14-7-3-6-13(12(15)16)8-10-4-1-2-5-11(10)17-9-13/h1-2,4-5H,3,6-9H2,(H,15,16). The lowest BCUT2D eigenvalue weighted by Gasteiger charge is -2.34. The molecule has 1 N–H and O–H groups in total. The Kier molecular flexibility index (Phi) is 3.31. The molecule has 1 aromatic carbocycles. The molecule has 17 heavy (non-hydrogen) atoms. The number of carboxylic acids is 1. The normalized spacial score (nSPS) is 22.6. The number of ether oxygens (including phenoxy) is 1. The van der Waals surface area contributed by atoms with E-state index in [1.54, 1.807) is 0 Å². The number of halogens is 1. The minimum absolute atomic E-state index is 0.124. The predicted octanol–water partition coefficient (Wildman–Crippen LogP) is 2.44. The quantitative estimate of drug-likeness (QED) is 0.876. The van der Waals surface area contributed by atoms with Crippen molar-refractivity contribution in [3.8, 4) is 5.75 Å². The summed E-state index contributed by atoms with van der Waals surface area (Å²) in [5.74, 6) is -0.162. The average molecular weight is 238 g/mol. The Morgan fingerprint density at radius 2 is 2.24 bits per heavy atom. The van der Waals surface area contributed by atoms with Crippen molar-refractivity contribution in [2.24, 2.45) is 5.41 Å². The van der Waals surface area contributed by atoms with E-state index >= 15 is 0 Å². The summed E-state index contributed by atoms with van der Waals surface area (Å²) in [5.41, 5.74) is -0.0829. The Balaban J connectivity index is 2.24. The van der Waals surface area contributed by atoms with Gasteiger partial charge < -0.3 is 9.84 Å². The number of hydrogen-bond donors (Lipinski definition) is 1. The fraction of sp³-hybridized carbons (Fsp3) is 0.462. The maximum Gasteiger partial charge on any atom is 0.313 e. The summed E-state index contributed by atoms with van der Waals surface area (Å²) in [4.78, 5) is 11.4. The SMILES string of the molecule is O=C(O)C1(CCCF)COc2ccccc2C1. The van der Waals surface area contributed by atoms with Gasteiger partial charge in [0.25, 0.3) is 0 Å². The third-order valence-corrected chi connectivity index (χ3v) is 3.25. The van der Waals surface area contributed by atoms with Crippen LogP contribution < -0.4 is 4.74 Å². The van der Waals surface area contributed by atoms with E-state index in [1.807, 2.05) is 24.3 Å². The van der Waals surface area contributed by atoms with Crippen LogP contribution in [0.15, 0.2) is 24.3 Å². The monoisotopic (exact) mass is 238 g/mol. The zero-order chi connectivity index (χ0) is 12.3. The molecule has 0 aromatic heterocycles. The van der Waals surface area contributed by atoms with E-state index in [1.165, 1.54) is 0 Å². The molecule has 0 bridgehead atoms. The molecular formula is C13H15FO3. The molecule has 0 spiro atoms. The van der Waals surface area contributed by atoms with Crippen LogP contribution in [0.1, 0.15) is 18.4 Å². The molecular weight excluding hydrogens is 223 g/mol. The van der Waals surface area contributed by atoms with Gasteiger partial charge >= 0.3 is 5.97 Å². The largest absolute Gasteiger partial charge is 0.492 e. The second-order valence-electron chi connectivity index (χ2n) is 4.45. The number of para-hydroxylation sites is 1. The van der Waals surface area contributed by atoms with Crippen molar-refractivity contribution in [3.05, 3.63) is 29.8 Å². The number of rotatable bonds is 4. The minimum Gasteiger partial charge on any atom is -0.492 e. The smallest absolute Gasteiger partial charge is 0.313 e. The van der Waals surface area contributed by atoms with Crippen molar-refractivity contribution in [2.75, 3.05) is 13.3 Å². The average Bonchev–Trinajstić information content (AvgIpc) is 2.36. The molecule has 1 aliphatic rings. The van der Waals surface area contributed by atoms with Gasteiger partial charge in [0.15, 0.2) is 0 Å². The first-order valence-electron chi connectivity index (χ1n) is 5.68. The second-order valence-corrected chi connectivity index (χ2v) is 4.45. The summed E-state index contributed by atoms with van der Waals surface area (Å²) in [6.45, 7) is -0.365. The first-order valence-corrected chi connectivity index (χ1v) is 5.68. The number of alkyl halides is 1. The third kappa shape index (κ3) is 2.25. The highest BCUT2D eigenvalue weighted by atomic mass is 19.1. The molecule has 1 atom stereocenters. The van der Waals surface area contributed by atoms with E-state index < -0.39 is 18.1 Å². The highest BCUT2D eigenvalue weighted by molar-refractivity contribution is 5.76. The van der Waals surface area contributed by atoms with Crippen LogP contribution in [-0.2, 0) is 11.2 Å². The van der Waals surface area contributed by atoms with Crippen molar-refractivity contribution in [3.63, 3.8) is 0 Å². The summed E-state index contributed by atoms with van der Waals surface area (Å²) in [7, 11) is 0. The first-order chi connectivity index (χ1) is 8.18. The van der Waals surface area contributed by atoms with Crippen molar-refractivity contribution in [2.45, 2.75) is 19.3 Å². The number of fused-ring (bicyclic) bond motifs is 1. The van der Waals surface area contributed by atoms with Crippen LogP contribution in [0.5, 0.6) is 5.75 Å². The van der Waals surface area contributed by atoms with Crippen LogP contribution in [0.3, 0.4) is 0 Å². The Hall–Kier alpha value is -1.58. The maximum absolute atomic E-state index is 12.2. The van der Waals surface area contributed by atoms with Gasteiger partial charge in [0, 0.05) is 0 Å². The topological polar surface area (TPSA) is 46.5 Å². The van der Waals surface area contributed by atoms with E-state index in [2.05, 4.69) is 0 Å². The van der Waals surface area contributed by atoms with Gasteiger partial charge in [0.1, 0.15) is 17.8 Å². The maximum atomic E-state index is 12.2. The zero-order valence-electron chi connectivity index (χ0n) is 9.49. The van der Waals surface area contributed by atoms with Gasteiger partial charge in [-0.25, -0.2) is 0 Å². The summed E-state index contributed by atoms with van der Waals surface area (Å²) in [6, 6.07) is 7.40. The van der Waals surface area contributed by atoms with Crippen molar-refractivity contribution in [1.82, 2.24) is 0 Å². The Bertz CT molecular complexity index is 419. The van der Waals surface area contributed by atoms with Crippen molar-refractivity contribution >= 4 is 5.97 Å². The van der Waals surface area contributed by atoms with Gasteiger partial charge in [-0.3, -0.25) is 9.18 Å². The number of carboxylic acid groups (broad SMARTS) is 1. The molecule has 2 rings (SSSR count). The Labute approximate surface area is 99.2 Å². The Morgan fingerprint density at radius 3 is 2.94 bits per heavy atom. The number of carbonyl (C=O) groups is 1. The lowest BCUT2D eigenvalue weighted by atomic mass is 9.77. The van der Waals surface area contributed by atoms with Gasteiger partial charge in [-0.2, -0.15) is 0 Å². The zero-order valence-corrected chi connectivity index (χ0v) is 9.49. The van der Waals surface area contributed by atoms with Crippen LogP contribution in [0.2, 0.25) is 0 Å². The molecule has 0 saturated carbocycles. The number of hydrogen-bond acceptors (Lipinski definition) is 2. The molecule has 0 aliphatic carbocycles. The van der Waals surface area contributed by atoms with E-state index in [0.717, 1.165) is 11.3 Å². The number of benzene rings is 1. The molecule has 1 unspecified atom stereocenters. The van der Waals surface area contributed by atoms with Crippen LogP contribution in [0.4, 0.5) is 4.39 Å². The highest BCUT2D eigenvalue weighted by Crippen LogP contribution is 2.37. The van der Waals surface area contributed by atoms with Gasteiger partial charge in [0.2, 0.25) is 0 Å². The van der Waals surface area contributed by atoms with E-state index in [9.17, 15) is 14.3 Å². The lowest BCUT2D eigenvalue weighted by molar-refractivity contribution is -0.152. The van der Waals surface area contributed by atoms with Crippen LogP contribution in [-0.4, -0.2) is 24.4 Å². The molecule has 0 saturated heterocycles. The molecule has 1 heterocycles. The fourth-order valence-corrected chi connectivity index (χ4v) is 2.23. The van der Waals surface area contributed by atoms with Gasteiger partial charge in [-0.05, 0) is 30.9 Å². The summed E-state index contributed by atoms with van der Waals surface area (Å²) < 4.78 is 17.7. The van der Waals surface area contributed by atoms with E-state index in [-0.39, 0.29) is 13.0 Å². The summed E-state index contributed by atoms with van der Waals surface area (Å²) in [6.07, 6.45) is 0.990. The first kappa shape index (κ1) is 11.9. The van der Waals surface area contributed by atoms with E-state index in [4.69, 9.17) is 4.74 Å². The molecule has 0 fully saturated rings. The molecule has 4 heteroatoms. The summed E-state index contributed by atoms with van der Waals surface area (Å²) >= 11 is 0. The fourth-order valence-electron chi connectivity index (χ4n) is 2.23. The van der Waals surface area contributed by atoms with Crippen LogP contribution >= 0.6 is 0 Å². The van der Waals surface area contributed by atoms with Crippen LogP contribution in [0, 0.1) is 5.41 Å². The summed E-state index contributed by atoms with van der Waals surface area (Å²) in [5, 5.41) is 9.34. The third-order valence-electron chi connectivity index (χ3n) is 3.25. The van der Waals surface area contributed by atoms with Gasteiger partial charge in [0.05, 0.1) is 6.67 Å². The molecule has 1 aliphatic heterocycles. The van der Waals surface area contributed by atoms with Gasteiger partial charge in [-0.1, -0.05) is 18.2 Å². The Morgan fingerprint density at radius 1 is 1.47 bits per heavy atom. The van der Waals surface area contributed by atoms with Crippen molar-refractivity contribution < 1.29 is 19.0 Å². The number of aliphatic carboxylic acids is 1. The molecule has 3 nitrogen and oxygen atoms in total. The molecule has 1 aromatic rings. The lowest BCUT2D eigenvalue weighted by Crippen LogP contribution is -2.42. The van der Waals surface area contributed by atoms with Gasteiger partial charge in [-0.15, -0.1) is 0 Å². The second kappa shape index (κ2) is 4.73. The van der Waals surface area contributed by atoms with Crippen molar-refractivity contribution in [1.29, 1.82) is 0 Å². The highest BCUT2D eigenvalue weighted by Gasteiger charge is 2.42. The molecule has 0 radical (unpaired) electrons. The molecule has 0 amide bonds. The predicted molar refractivity (Wildman–Crippen MR) is 60.9 cm³/mol. The van der Waals surface area contributed by atoms with Crippen LogP contribution in [0.25, 0.3) is 0 Å². The van der Waals surface area contributed by atoms with E-state index in [0.29, 0.717) is 12.8 Å². The molecule has 92 valence electrons.